The lowest BCUT2D eigenvalue weighted by atomic mass is 10.2. The highest BCUT2D eigenvalue weighted by molar-refractivity contribution is 5.72. The number of benzene rings is 1. The van der Waals surface area contributed by atoms with Crippen LogP contribution in [0.5, 0.6) is 0 Å². The van der Waals surface area contributed by atoms with E-state index in [1.54, 1.807) is 12.4 Å². The molecule has 0 N–H and O–H groups in total. The van der Waals surface area contributed by atoms with E-state index in [-0.39, 0.29) is 11.9 Å². The molecule has 1 aromatic carbocycles. The lowest BCUT2D eigenvalue weighted by molar-refractivity contribution is -0.0408. The van der Waals surface area contributed by atoms with Crippen LogP contribution in [-0.4, -0.2) is 44.3 Å². The highest BCUT2D eigenvalue weighted by Gasteiger charge is 2.26. The van der Waals surface area contributed by atoms with Crippen molar-refractivity contribution in [3.63, 3.8) is 0 Å². The van der Waals surface area contributed by atoms with Crippen molar-refractivity contribution in [1.29, 1.82) is 0 Å². The van der Waals surface area contributed by atoms with E-state index in [2.05, 4.69) is 20.1 Å². The third-order valence-electron chi connectivity index (χ3n) is 4.18. The van der Waals surface area contributed by atoms with Gasteiger partial charge in [-0.1, -0.05) is 0 Å². The molecule has 24 heavy (non-hydrogen) atoms. The molecule has 0 bridgehead atoms. The topological polar surface area (TPSA) is 69.2 Å². The van der Waals surface area contributed by atoms with Gasteiger partial charge in [0.2, 0.25) is 5.89 Å². The highest BCUT2D eigenvalue weighted by Crippen LogP contribution is 2.23. The maximum absolute atomic E-state index is 13.3. The molecule has 3 aromatic rings. The number of morpholine rings is 1. The van der Waals surface area contributed by atoms with E-state index in [0.717, 1.165) is 18.9 Å². The number of aryl methyl sites for hydroxylation is 1. The number of rotatable bonds is 4. The Labute approximate surface area is 138 Å². The van der Waals surface area contributed by atoms with Crippen LogP contribution < -0.4 is 0 Å². The van der Waals surface area contributed by atoms with Gasteiger partial charge in [0, 0.05) is 25.7 Å². The number of hydrogen-bond donors (Lipinski definition) is 0. The molecule has 1 aliphatic rings. The Bertz CT molecular complexity index is 846. The molecule has 0 unspecified atom stereocenters. The van der Waals surface area contributed by atoms with Crippen LogP contribution in [0.2, 0.25) is 0 Å². The molecule has 1 atom stereocenters. The van der Waals surface area contributed by atoms with Gasteiger partial charge in [0.1, 0.15) is 23.8 Å². The van der Waals surface area contributed by atoms with E-state index in [1.807, 2.05) is 11.5 Å². The number of fused-ring (bicyclic) bond motifs is 1. The van der Waals surface area contributed by atoms with Crippen molar-refractivity contribution < 1.29 is 13.5 Å². The van der Waals surface area contributed by atoms with Gasteiger partial charge in [-0.3, -0.25) is 4.90 Å². The molecule has 1 aliphatic heterocycles. The summed E-state index contributed by atoms with van der Waals surface area (Å²) in [4.78, 5) is 6.57. The lowest BCUT2D eigenvalue weighted by Crippen LogP contribution is -2.38. The lowest BCUT2D eigenvalue weighted by Gasteiger charge is -2.31. The van der Waals surface area contributed by atoms with E-state index in [1.165, 1.54) is 12.1 Å². The van der Waals surface area contributed by atoms with E-state index >= 15 is 0 Å². The minimum absolute atomic E-state index is 0.122. The van der Waals surface area contributed by atoms with Gasteiger partial charge in [0.15, 0.2) is 11.4 Å². The van der Waals surface area contributed by atoms with Gasteiger partial charge in [0.05, 0.1) is 13.2 Å². The molecule has 126 valence electrons. The van der Waals surface area contributed by atoms with Gasteiger partial charge in [-0.15, -0.1) is 10.2 Å². The van der Waals surface area contributed by atoms with Gasteiger partial charge >= 0.3 is 0 Å². The van der Waals surface area contributed by atoms with Gasteiger partial charge in [-0.05, 0) is 19.1 Å². The van der Waals surface area contributed by atoms with E-state index in [4.69, 9.17) is 9.15 Å². The number of aromatic nitrogens is 4. The Kier molecular flexibility index (Phi) is 3.99. The summed E-state index contributed by atoms with van der Waals surface area (Å²) in [5.41, 5.74) is 1.14. The molecule has 0 amide bonds. The molecule has 0 aliphatic carbocycles. The summed E-state index contributed by atoms with van der Waals surface area (Å²) >= 11 is 0. The minimum atomic E-state index is -0.312. The molecule has 1 saturated heterocycles. The zero-order valence-electron chi connectivity index (χ0n) is 13.4. The van der Waals surface area contributed by atoms with Crippen LogP contribution in [0.1, 0.15) is 24.7 Å². The third kappa shape index (κ3) is 2.90. The first-order valence-corrected chi connectivity index (χ1v) is 7.99. The number of nitrogens with zero attached hydrogens (tertiary/aromatic N) is 5. The Morgan fingerprint density at radius 3 is 3.17 bits per heavy atom. The highest BCUT2D eigenvalue weighted by atomic mass is 19.1. The van der Waals surface area contributed by atoms with Crippen LogP contribution in [-0.2, 0) is 17.8 Å². The largest absolute Gasteiger partial charge is 0.439 e. The van der Waals surface area contributed by atoms with Gasteiger partial charge in [-0.25, -0.2) is 9.37 Å². The van der Waals surface area contributed by atoms with Crippen molar-refractivity contribution in [2.75, 3.05) is 19.7 Å². The predicted octanol–water partition coefficient (Wildman–Crippen LogP) is 2.15. The molecule has 3 heterocycles. The van der Waals surface area contributed by atoms with Gasteiger partial charge in [-0.2, -0.15) is 0 Å². The summed E-state index contributed by atoms with van der Waals surface area (Å²) in [6.07, 6.45) is 1.59. The van der Waals surface area contributed by atoms with Gasteiger partial charge < -0.3 is 13.7 Å². The number of halogens is 1. The first-order chi connectivity index (χ1) is 11.7. The summed E-state index contributed by atoms with van der Waals surface area (Å²) < 4.78 is 26.8. The average Bonchev–Trinajstić information content (AvgIpc) is 3.20. The summed E-state index contributed by atoms with van der Waals surface area (Å²) in [7, 11) is 0. The average molecular weight is 331 g/mol. The normalized spacial score (nSPS) is 19.2. The molecule has 0 radical (unpaired) electrons. The zero-order chi connectivity index (χ0) is 16.5. The van der Waals surface area contributed by atoms with Crippen LogP contribution in [0.15, 0.2) is 28.9 Å². The number of hydrogen-bond acceptors (Lipinski definition) is 6. The Hall–Kier alpha value is -2.32. The third-order valence-corrected chi connectivity index (χ3v) is 4.18. The molecular formula is C16H18FN5O2. The smallest absolute Gasteiger partial charge is 0.209 e. The molecule has 8 heteroatoms. The Morgan fingerprint density at radius 2 is 2.29 bits per heavy atom. The van der Waals surface area contributed by atoms with Crippen molar-refractivity contribution in [1.82, 2.24) is 24.6 Å². The zero-order valence-corrected chi connectivity index (χ0v) is 13.4. The number of oxazole rings is 1. The van der Waals surface area contributed by atoms with E-state index in [0.29, 0.717) is 36.7 Å². The van der Waals surface area contributed by atoms with Crippen LogP contribution >= 0.6 is 0 Å². The summed E-state index contributed by atoms with van der Waals surface area (Å²) in [6, 6.07) is 4.36. The Balaban J connectivity index is 1.49. The summed E-state index contributed by atoms with van der Waals surface area (Å²) in [5.74, 6) is 1.10. The molecule has 4 rings (SSSR count). The van der Waals surface area contributed by atoms with Gasteiger partial charge in [0.25, 0.3) is 0 Å². The van der Waals surface area contributed by atoms with Crippen LogP contribution in [0.3, 0.4) is 0 Å². The maximum atomic E-state index is 13.3. The number of ether oxygens (including phenoxy) is 1. The minimum Gasteiger partial charge on any atom is -0.439 e. The van der Waals surface area contributed by atoms with Crippen molar-refractivity contribution >= 4 is 11.1 Å². The van der Waals surface area contributed by atoms with Crippen LogP contribution in [0.25, 0.3) is 11.1 Å². The van der Waals surface area contributed by atoms with Crippen LogP contribution in [0.4, 0.5) is 4.39 Å². The molecule has 7 nitrogen and oxygen atoms in total. The standard InChI is InChI=1S/C16H18FN5O2/c1-2-22-10-18-20-16(22)14-8-21(5-6-23-14)9-15-19-12-7-11(17)3-4-13(12)24-15/h3-4,7,10,14H,2,5-6,8-9H2,1H3/t14-/m1/s1. The first-order valence-electron chi connectivity index (χ1n) is 7.99. The van der Waals surface area contributed by atoms with Crippen molar-refractivity contribution in [3.05, 3.63) is 42.1 Å². The fourth-order valence-electron chi connectivity index (χ4n) is 2.97. The SMILES string of the molecule is CCn1cnnc1[C@H]1CN(Cc2nc3cc(F)ccc3o2)CCO1. The summed E-state index contributed by atoms with van der Waals surface area (Å²) in [6.45, 7) is 5.48. The Morgan fingerprint density at radius 1 is 1.38 bits per heavy atom. The monoisotopic (exact) mass is 331 g/mol. The molecule has 0 saturated carbocycles. The second kappa shape index (κ2) is 6.29. The summed E-state index contributed by atoms with van der Waals surface area (Å²) in [5, 5.41) is 8.14. The van der Waals surface area contributed by atoms with E-state index in [9.17, 15) is 4.39 Å². The van der Waals surface area contributed by atoms with Crippen molar-refractivity contribution in [2.24, 2.45) is 0 Å². The molecular weight excluding hydrogens is 313 g/mol. The predicted molar refractivity (Wildman–Crippen MR) is 83.6 cm³/mol. The second-order valence-corrected chi connectivity index (χ2v) is 5.79. The van der Waals surface area contributed by atoms with Crippen molar-refractivity contribution in [3.8, 4) is 0 Å². The molecule has 0 spiro atoms. The quantitative estimate of drug-likeness (QED) is 0.730. The fraction of sp³-hybridized carbons (Fsp3) is 0.438. The first kappa shape index (κ1) is 15.2. The molecule has 2 aromatic heterocycles. The second-order valence-electron chi connectivity index (χ2n) is 5.79. The maximum Gasteiger partial charge on any atom is 0.209 e. The molecule has 1 fully saturated rings. The fourth-order valence-corrected chi connectivity index (χ4v) is 2.97. The van der Waals surface area contributed by atoms with E-state index < -0.39 is 0 Å². The van der Waals surface area contributed by atoms with Crippen molar-refractivity contribution in [2.45, 2.75) is 26.1 Å². The van der Waals surface area contributed by atoms with Crippen LogP contribution in [0, 0.1) is 5.82 Å².